The standard InChI is InChI=1S/C20H32BrN3O5/c1-3-5-8-23-18(27)16-20-11-12(21)15(29-20)13(17(26)22-7-4-2)14(20)19(28)24(16)9-6-10-25/h12-16,25H,3-11H2,1-2H3,(H,22,26)(H,23,27)/t12?,13-,14+,15-,16?,20?/m1/s1. The summed E-state index contributed by atoms with van der Waals surface area (Å²) in [4.78, 5) is 40.9. The van der Waals surface area contributed by atoms with E-state index in [2.05, 4.69) is 26.6 Å². The first-order chi connectivity index (χ1) is 13.9. The van der Waals surface area contributed by atoms with Crippen molar-refractivity contribution < 1.29 is 24.2 Å². The minimum Gasteiger partial charge on any atom is -0.396 e. The quantitative estimate of drug-likeness (QED) is 0.317. The van der Waals surface area contributed by atoms with Gasteiger partial charge in [-0.2, -0.15) is 0 Å². The third kappa shape index (κ3) is 3.81. The molecule has 6 atom stereocenters. The molecule has 164 valence electrons. The van der Waals surface area contributed by atoms with Gasteiger partial charge in [-0.1, -0.05) is 36.2 Å². The Labute approximate surface area is 180 Å². The molecule has 3 aliphatic rings. The van der Waals surface area contributed by atoms with Crippen molar-refractivity contribution in [2.24, 2.45) is 11.8 Å². The number of carbonyl (C=O) groups excluding carboxylic acids is 3. The lowest BCUT2D eigenvalue weighted by atomic mass is 9.70. The van der Waals surface area contributed by atoms with Crippen LogP contribution in [0.4, 0.5) is 0 Å². The summed E-state index contributed by atoms with van der Waals surface area (Å²) in [5.41, 5.74) is -1.00. The third-order valence-electron chi connectivity index (χ3n) is 6.28. The number of amides is 3. The SMILES string of the molecule is CCCCNC(=O)C1N(CCCO)C(=O)[C@@H]2[C@@H](C(=O)NCCC)[C@@H]3OC12CC3Br. The second-order valence-electron chi connectivity index (χ2n) is 8.21. The van der Waals surface area contributed by atoms with Crippen molar-refractivity contribution in [2.45, 2.75) is 68.5 Å². The average molecular weight is 474 g/mol. The zero-order chi connectivity index (χ0) is 21.2. The average Bonchev–Trinajstić information content (AvgIpc) is 3.28. The summed E-state index contributed by atoms with van der Waals surface area (Å²) in [6.45, 7) is 5.29. The van der Waals surface area contributed by atoms with Gasteiger partial charge in [-0.15, -0.1) is 0 Å². The Bertz CT molecular complexity index is 648. The lowest BCUT2D eigenvalue weighted by molar-refractivity contribution is -0.142. The maximum absolute atomic E-state index is 13.4. The Morgan fingerprint density at radius 1 is 1.21 bits per heavy atom. The molecule has 3 aliphatic heterocycles. The molecular weight excluding hydrogens is 442 g/mol. The van der Waals surface area contributed by atoms with Gasteiger partial charge in [-0.05, 0) is 25.7 Å². The molecule has 0 saturated carbocycles. The Kier molecular flexibility index (Phi) is 7.22. The van der Waals surface area contributed by atoms with Gasteiger partial charge in [0, 0.05) is 31.1 Å². The van der Waals surface area contributed by atoms with Crippen molar-refractivity contribution in [1.29, 1.82) is 0 Å². The molecule has 0 aromatic heterocycles. The molecule has 3 rings (SSSR count). The number of fused-ring (bicyclic) bond motifs is 1. The number of nitrogens with zero attached hydrogens (tertiary/aromatic N) is 1. The summed E-state index contributed by atoms with van der Waals surface area (Å²) in [7, 11) is 0. The van der Waals surface area contributed by atoms with Crippen LogP contribution in [0.3, 0.4) is 0 Å². The number of hydrogen-bond acceptors (Lipinski definition) is 5. The van der Waals surface area contributed by atoms with E-state index in [4.69, 9.17) is 4.74 Å². The monoisotopic (exact) mass is 473 g/mol. The highest BCUT2D eigenvalue weighted by molar-refractivity contribution is 9.09. The topological polar surface area (TPSA) is 108 Å². The van der Waals surface area contributed by atoms with E-state index in [0.29, 0.717) is 25.9 Å². The van der Waals surface area contributed by atoms with E-state index in [0.717, 1.165) is 19.3 Å². The number of rotatable bonds is 10. The molecule has 3 fully saturated rings. The van der Waals surface area contributed by atoms with E-state index in [1.54, 1.807) is 0 Å². The maximum Gasteiger partial charge on any atom is 0.245 e. The van der Waals surface area contributed by atoms with E-state index in [-0.39, 0.29) is 35.7 Å². The van der Waals surface area contributed by atoms with Gasteiger partial charge in [0.05, 0.1) is 17.9 Å². The van der Waals surface area contributed by atoms with Crippen LogP contribution in [0, 0.1) is 11.8 Å². The molecule has 29 heavy (non-hydrogen) atoms. The Morgan fingerprint density at radius 3 is 2.59 bits per heavy atom. The van der Waals surface area contributed by atoms with Crippen LogP contribution in [0.1, 0.15) is 46.0 Å². The fourth-order valence-corrected chi connectivity index (χ4v) is 6.01. The molecule has 3 saturated heterocycles. The van der Waals surface area contributed by atoms with E-state index in [1.807, 2.05) is 13.8 Å². The third-order valence-corrected chi connectivity index (χ3v) is 7.12. The lowest BCUT2D eigenvalue weighted by Gasteiger charge is -2.34. The first kappa shape index (κ1) is 22.5. The summed E-state index contributed by atoms with van der Waals surface area (Å²) in [6.07, 6.45) is 3.07. The van der Waals surface area contributed by atoms with Gasteiger partial charge >= 0.3 is 0 Å². The molecule has 2 bridgehead atoms. The van der Waals surface area contributed by atoms with Crippen molar-refractivity contribution in [3.05, 3.63) is 0 Å². The van der Waals surface area contributed by atoms with E-state index in [1.165, 1.54) is 4.90 Å². The zero-order valence-electron chi connectivity index (χ0n) is 17.2. The largest absolute Gasteiger partial charge is 0.396 e. The van der Waals surface area contributed by atoms with Crippen LogP contribution < -0.4 is 10.6 Å². The summed E-state index contributed by atoms with van der Waals surface area (Å²) in [5, 5.41) is 15.1. The molecule has 3 amide bonds. The number of nitrogens with one attached hydrogen (secondary N) is 2. The van der Waals surface area contributed by atoms with Gasteiger partial charge in [-0.25, -0.2) is 0 Å². The predicted octanol–water partition coefficient (Wildman–Crippen LogP) is 0.559. The Hall–Kier alpha value is -1.19. The van der Waals surface area contributed by atoms with E-state index in [9.17, 15) is 19.5 Å². The molecule has 0 aromatic carbocycles. The molecule has 9 heteroatoms. The van der Waals surface area contributed by atoms with Crippen LogP contribution in [0.2, 0.25) is 0 Å². The van der Waals surface area contributed by atoms with Crippen LogP contribution >= 0.6 is 15.9 Å². The molecule has 3 N–H and O–H groups in total. The first-order valence-electron chi connectivity index (χ1n) is 10.7. The van der Waals surface area contributed by atoms with Gasteiger partial charge in [0.1, 0.15) is 11.6 Å². The van der Waals surface area contributed by atoms with Gasteiger partial charge in [0.15, 0.2) is 0 Å². The fraction of sp³-hybridized carbons (Fsp3) is 0.850. The van der Waals surface area contributed by atoms with Crippen LogP contribution in [0.5, 0.6) is 0 Å². The number of carbonyl (C=O) groups is 3. The van der Waals surface area contributed by atoms with Crippen LogP contribution in [-0.4, -0.2) is 76.5 Å². The normalized spacial score (nSPS) is 35.1. The second kappa shape index (κ2) is 9.31. The number of alkyl halides is 1. The molecule has 8 nitrogen and oxygen atoms in total. The fourth-order valence-electron chi connectivity index (χ4n) is 5.06. The zero-order valence-corrected chi connectivity index (χ0v) is 18.7. The second-order valence-corrected chi connectivity index (χ2v) is 9.38. The summed E-state index contributed by atoms with van der Waals surface area (Å²) < 4.78 is 6.34. The summed E-state index contributed by atoms with van der Waals surface area (Å²) in [6, 6.07) is -0.780. The number of aliphatic hydroxyl groups is 1. The van der Waals surface area contributed by atoms with Crippen LogP contribution in [0.25, 0.3) is 0 Å². The number of ether oxygens (including phenoxy) is 1. The van der Waals surface area contributed by atoms with E-state index >= 15 is 0 Å². The number of aliphatic hydroxyl groups excluding tert-OH is 1. The Balaban J connectivity index is 1.92. The summed E-state index contributed by atoms with van der Waals surface area (Å²) >= 11 is 3.63. The highest BCUT2D eigenvalue weighted by atomic mass is 79.9. The predicted molar refractivity (Wildman–Crippen MR) is 110 cm³/mol. The van der Waals surface area contributed by atoms with Crippen LogP contribution in [-0.2, 0) is 19.1 Å². The van der Waals surface area contributed by atoms with Crippen molar-refractivity contribution in [3.63, 3.8) is 0 Å². The maximum atomic E-state index is 13.4. The number of hydrogen-bond donors (Lipinski definition) is 3. The van der Waals surface area contributed by atoms with Crippen LogP contribution in [0.15, 0.2) is 0 Å². The van der Waals surface area contributed by atoms with Gasteiger partial charge in [0.25, 0.3) is 0 Å². The minimum absolute atomic E-state index is 0.0728. The van der Waals surface area contributed by atoms with Crippen molar-refractivity contribution in [3.8, 4) is 0 Å². The molecule has 0 radical (unpaired) electrons. The highest BCUT2D eigenvalue weighted by Gasteiger charge is 2.76. The number of halogens is 1. The molecule has 0 aromatic rings. The first-order valence-corrected chi connectivity index (χ1v) is 11.6. The lowest BCUT2D eigenvalue weighted by Crippen LogP contribution is -2.56. The molecule has 0 aliphatic carbocycles. The number of unbranched alkanes of at least 4 members (excludes halogenated alkanes) is 1. The van der Waals surface area contributed by atoms with Gasteiger partial charge in [0.2, 0.25) is 17.7 Å². The van der Waals surface area contributed by atoms with Gasteiger partial charge in [-0.3, -0.25) is 14.4 Å². The summed E-state index contributed by atoms with van der Waals surface area (Å²) in [5.74, 6) is -1.92. The van der Waals surface area contributed by atoms with Crippen molar-refractivity contribution in [2.75, 3.05) is 26.2 Å². The number of likely N-dealkylation sites (tertiary alicyclic amines) is 1. The van der Waals surface area contributed by atoms with Gasteiger partial charge < -0.3 is 25.4 Å². The highest BCUT2D eigenvalue weighted by Crippen LogP contribution is 2.59. The van der Waals surface area contributed by atoms with Crippen molar-refractivity contribution >= 4 is 33.7 Å². The van der Waals surface area contributed by atoms with E-state index < -0.39 is 29.6 Å². The van der Waals surface area contributed by atoms with Crippen molar-refractivity contribution in [1.82, 2.24) is 15.5 Å². The molecular formula is C20H32BrN3O5. The molecule has 3 unspecified atom stereocenters. The minimum atomic E-state index is -1.00. The Morgan fingerprint density at radius 2 is 1.93 bits per heavy atom. The molecule has 1 spiro atoms. The molecule has 3 heterocycles. The smallest absolute Gasteiger partial charge is 0.245 e.